The minimum atomic E-state index is -0.729. The monoisotopic (exact) mass is 344 g/mol. The quantitative estimate of drug-likeness (QED) is 0.735. The Bertz CT molecular complexity index is 701. The van der Waals surface area contributed by atoms with Gasteiger partial charge in [0.2, 0.25) is 17.7 Å². The molecule has 2 aliphatic heterocycles. The summed E-state index contributed by atoms with van der Waals surface area (Å²) in [4.78, 5) is 48.4. The Morgan fingerprint density at radius 1 is 1.16 bits per heavy atom. The first kappa shape index (κ1) is 16.9. The highest BCUT2D eigenvalue weighted by molar-refractivity contribution is 5.98. The molecule has 0 aromatic heterocycles. The summed E-state index contributed by atoms with van der Waals surface area (Å²) in [5, 5.41) is 7.36. The maximum atomic E-state index is 12.2. The number of urea groups is 1. The number of hydrogen-bond donors (Lipinski definition) is 3. The molecule has 1 aromatic rings. The van der Waals surface area contributed by atoms with Crippen LogP contribution in [0.2, 0.25) is 0 Å². The highest BCUT2D eigenvalue weighted by Gasteiger charge is 2.26. The standard InChI is InChI=1S/C17H20N4O4/c22-14-8-7-13(19-17(25)20-14)16(24)18-10-11-3-5-12(6-4-11)21-9-1-2-15(21)23/h3-6,13H,1-2,7-10H2,(H,18,24)(H2,19,20,22,25)/t13-/m0/s1. The van der Waals surface area contributed by atoms with Gasteiger partial charge in [0, 0.05) is 31.6 Å². The summed E-state index contributed by atoms with van der Waals surface area (Å²) in [6.07, 6.45) is 1.85. The van der Waals surface area contributed by atoms with E-state index in [4.69, 9.17) is 0 Å². The number of benzene rings is 1. The van der Waals surface area contributed by atoms with Crippen molar-refractivity contribution in [1.82, 2.24) is 16.0 Å². The van der Waals surface area contributed by atoms with E-state index in [9.17, 15) is 19.2 Å². The van der Waals surface area contributed by atoms with Crippen molar-refractivity contribution in [2.24, 2.45) is 0 Å². The number of nitrogens with one attached hydrogen (secondary N) is 3. The fraction of sp³-hybridized carbons (Fsp3) is 0.412. The van der Waals surface area contributed by atoms with Crippen molar-refractivity contribution in [3.63, 3.8) is 0 Å². The van der Waals surface area contributed by atoms with Crippen LogP contribution in [0.5, 0.6) is 0 Å². The molecule has 8 heteroatoms. The lowest BCUT2D eigenvalue weighted by atomic mass is 10.1. The normalized spacial score (nSPS) is 20.7. The molecule has 0 spiro atoms. The van der Waals surface area contributed by atoms with E-state index in [-0.39, 0.29) is 30.6 Å². The maximum Gasteiger partial charge on any atom is 0.322 e. The van der Waals surface area contributed by atoms with Crippen molar-refractivity contribution >= 4 is 29.4 Å². The summed E-state index contributed by atoms with van der Waals surface area (Å²) < 4.78 is 0. The van der Waals surface area contributed by atoms with E-state index in [1.807, 2.05) is 24.3 Å². The van der Waals surface area contributed by atoms with Crippen molar-refractivity contribution in [2.75, 3.05) is 11.4 Å². The molecular formula is C17H20N4O4. The highest BCUT2D eigenvalue weighted by atomic mass is 16.2. The summed E-state index contributed by atoms with van der Waals surface area (Å²) in [6.45, 7) is 1.05. The molecule has 5 amide bonds. The van der Waals surface area contributed by atoms with Crippen LogP contribution in [0, 0.1) is 0 Å². The fourth-order valence-corrected chi connectivity index (χ4v) is 2.95. The first-order valence-electron chi connectivity index (χ1n) is 8.30. The van der Waals surface area contributed by atoms with E-state index in [0.717, 1.165) is 24.2 Å². The molecule has 132 valence electrons. The number of carbonyl (C=O) groups is 4. The minimum absolute atomic E-state index is 0.120. The third-order valence-electron chi connectivity index (χ3n) is 4.32. The molecule has 25 heavy (non-hydrogen) atoms. The van der Waals surface area contributed by atoms with Crippen molar-refractivity contribution in [3.05, 3.63) is 29.8 Å². The first-order valence-corrected chi connectivity index (χ1v) is 8.30. The zero-order chi connectivity index (χ0) is 17.8. The number of carbonyl (C=O) groups excluding carboxylic acids is 4. The number of hydrogen-bond acceptors (Lipinski definition) is 4. The van der Waals surface area contributed by atoms with E-state index in [1.54, 1.807) is 4.90 Å². The van der Waals surface area contributed by atoms with Crippen LogP contribution in [0.25, 0.3) is 0 Å². The third kappa shape index (κ3) is 4.14. The van der Waals surface area contributed by atoms with Gasteiger partial charge in [0.25, 0.3) is 0 Å². The zero-order valence-corrected chi connectivity index (χ0v) is 13.7. The van der Waals surface area contributed by atoms with Crippen molar-refractivity contribution < 1.29 is 19.2 Å². The Balaban J connectivity index is 1.54. The third-order valence-corrected chi connectivity index (χ3v) is 4.32. The van der Waals surface area contributed by atoms with Crippen LogP contribution in [-0.4, -0.2) is 36.3 Å². The van der Waals surface area contributed by atoms with Gasteiger partial charge in [-0.25, -0.2) is 4.79 Å². The Hall–Kier alpha value is -2.90. The molecule has 0 saturated carbocycles. The van der Waals surface area contributed by atoms with Crippen molar-refractivity contribution in [3.8, 4) is 0 Å². The molecule has 8 nitrogen and oxygen atoms in total. The number of imide groups is 1. The molecule has 1 atom stereocenters. The lowest BCUT2D eigenvalue weighted by Gasteiger charge is -2.17. The molecule has 2 fully saturated rings. The second kappa shape index (κ2) is 7.33. The summed E-state index contributed by atoms with van der Waals surface area (Å²) in [7, 11) is 0. The van der Waals surface area contributed by atoms with E-state index >= 15 is 0 Å². The molecule has 0 bridgehead atoms. The van der Waals surface area contributed by atoms with E-state index < -0.39 is 12.1 Å². The molecule has 2 saturated heterocycles. The number of anilines is 1. The highest BCUT2D eigenvalue weighted by Crippen LogP contribution is 2.21. The maximum absolute atomic E-state index is 12.2. The van der Waals surface area contributed by atoms with E-state index in [1.165, 1.54) is 0 Å². The largest absolute Gasteiger partial charge is 0.350 e. The van der Waals surface area contributed by atoms with Gasteiger partial charge in [0.1, 0.15) is 6.04 Å². The SMILES string of the molecule is O=C1CC[C@@H](C(=O)NCc2ccc(N3CCCC3=O)cc2)NC(=O)N1. The second-order valence-electron chi connectivity index (χ2n) is 6.15. The Morgan fingerprint density at radius 3 is 2.60 bits per heavy atom. The zero-order valence-electron chi connectivity index (χ0n) is 13.7. The van der Waals surface area contributed by atoms with Crippen LogP contribution in [0.1, 0.15) is 31.2 Å². The van der Waals surface area contributed by atoms with E-state index in [2.05, 4.69) is 16.0 Å². The van der Waals surface area contributed by atoms with Crippen LogP contribution >= 0.6 is 0 Å². The van der Waals surface area contributed by atoms with Crippen molar-refractivity contribution in [2.45, 2.75) is 38.3 Å². The van der Waals surface area contributed by atoms with Crippen LogP contribution in [-0.2, 0) is 20.9 Å². The number of nitrogens with zero attached hydrogens (tertiary/aromatic N) is 1. The Kier molecular flexibility index (Phi) is 4.97. The molecule has 0 unspecified atom stereocenters. The summed E-state index contributed by atoms with van der Waals surface area (Å²) in [5.41, 5.74) is 1.75. The van der Waals surface area contributed by atoms with Crippen LogP contribution in [0.4, 0.5) is 10.5 Å². The van der Waals surface area contributed by atoms with Crippen LogP contribution in [0.15, 0.2) is 24.3 Å². The van der Waals surface area contributed by atoms with Gasteiger partial charge in [0.05, 0.1) is 0 Å². The van der Waals surface area contributed by atoms with Gasteiger partial charge < -0.3 is 15.5 Å². The first-order chi connectivity index (χ1) is 12.0. The van der Waals surface area contributed by atoms with Crippen LogP contribution in [0.3, 0.4) is 0 Å². The predicted molar refractivity (Wildman–Crippen MR) is 89.6 cm³/mol. The minimum Gasteiger partial charge on any atom is -0.350 e. The number of rotatable bonds is 4. The molecule has 3 rings (SSSR count). The fourth-order valence-electron chi connectivity index (χ4n) is 2.95. The summed E-state index contributed by atoms with van der Waals surface area (Å²) in [5.74, 6) is -0.586. The second-order valence-corrected chi connectivity index (χ2v) is 6.15. The lowest BCUT2D eigenvalue weighted by Crippen LogP contribution is -2.48. The Morgan fingerprint density at radius 2 is 1.92 bits per heavy atom. The van der Waals surface area contributed by atoms with E-state index in [0.29, 0.717) is 13.0 Å². The molecule has 1 aromatic carbocycles. The summed E-state index contributed by atoms with van der Waals surface area (Å²) in [6, 6.07) is 6.06. The van der Waals surface area contributed by atoms with Gasteiger partial charge >= 0.3 is 6.03 Å². The smallest absolute Gasteiger partial charge is 0.322 e. The Labute approximate surface area is 144 Å². The average Bonchev–Trinajstić information content (AvgIpc) is 2.94. The van der Waals surface area contributed by atoms with Gasteiger partial charge in [0.15, 0.2) is 0 Å². The summed E-state index contributed by atoms with van der Waals surface area (Å²) >= 11 is 0. The molecule has 2 aliphatic rings. The predicted octanol–water partition coefficient (Wildman–Crippen LogP) is 0.418. The van der Waals surface area contributed by atoms with Gasteiger partial charge in [-0.15, -0.1) is 0 Å². The van der Waals surface area contributed by atoms with Gasteiger partial charge in [-0.05, 0) is 30.5 Å². The topological polar surface area (TPSA) is 108 Å². The lowest BCUT2D eigenvalue weighted by molar-refractivity contribution is -0.123. The molecule has 0 aliphatic carbocycles. The molecule has 0 radical (unpaired) electrons. The number of amides is 5. The molecule has 3 N–H and O–H groups in total. The van der Waals surface area contributed by atoms with Gasteiger partial charge in [-0.1, -0.05) is 12.1 Å². The van der Waals surface area contributed by atoms with Crippen molar-refractivity contribution in [1.29, 1.82) is 0 Å². The average molecular weight is 344 g/mol. The van der Waals surface area contributed by atoms with Gasteiger partial charge in [-0.2, -0.15) is 0 Å². The molecular weight excluding hydrogens is 324 g/mol. The van der Waals surface area contributed by atoms with Crippen LogP contribution < -0.4 is 20.9 Å². The molecule has 2 heterocycles. The van der Waals surface area contributed by atoms with Gasteiger partial charge in [-0.3, -0.25) is 19.7 Å².